The van der Waals surface area contributed by atoms with E-state index in [0.29, 0.717) is 22.2 Å². The lowest BCUT2D eigenvalue weighted by atomic mass is 10.0. The number of carbonyl (C=O) groups excluding carboxylic acids is 1. The van der Waals surface area contributed by atoms with Crippen molar-refractivity contribution in [2.75, 3.05) is 11.9 Å². The minimum Gasteiger partial charge on any atom is -0.396 e. The van der Waals surface area contributed by atoms with E-state index in [2.05, 4.69) is 59.8 Å². The fourth-order valence-electron chi connectivity index (χ4n) is 3.97. The number of benzene rings is 1. The highest BCUT2D eigenvalue weighted by molar-refractivity contribution is 14.2. The van der Waals surface area contributed by atoms with Gasteiger partial charge in [-0.1, -0.05) is 18.1 Å². The van der Waals surface area contributed by atoms with Crippen LogP contribution in [0.5, 0.6) is 0 Å². The average Bonchev–Trinajstić information content (AvgIpc) is 3.47. The minimum absolute atomic E-state index is 0.0697. The molecule has 0 amide bonds. The third-order valence-corrected chi connectivity index (χ3v) is 7.36. The molecule has 2 heterocycles. The van der Waals surface area contributed by atoms with E-state index in [4.69, 9.17) is 0 Å². The molecule has 2 atom stereocenters. The zero-order chi connectivity index (χ0) is 22.3. The maximum atomic E-state index is 13.2. The summed E-state index contributed by atoms with van der Waals surface area (Å²) in [5.41, 5.74) is 3.74. The summed E-state index contributed by atoms with van der Waals surface area (Å²) < 4.78 is 0. The first-order valence-electron chi connectivity index (χ1n) is 10.3. The predicted octanol–water partition coefficient (Wildman–Crippen LogP) is 5.33. The zero-order valence-corrected chi connectivity index (χ0v) is 21.0. The molecule has 164 valence electrons. The Balaban J connectivity index is 1.48. The standard InChI is InChI=1S/C24H22IN3O2S2/c25-32-7-6-16-2-1-3-17(8-16)9-19-11-22(31-14-19)23(30)21-12-26-15-27-24(21)28-20-5-4-18(10-20)13-29/h1-3,8,11-12,14-15,18,20,29H,4-5,9-10,13H2,(H,26,27,28). The topological polar surface area (TPSA) is 75.1 Å². The van der Waals surface area contributed by atoms with Gasteiger partial charge in [-0.15, -0.1) is 11.3 Å². The Kier molecular flexibility index (Phi) is 8.19. The van der Waals surface area contributed by atoms with Crippen molar-refractivity contribution in [1.82, 2.24) is 9.97 Å². The lowest BCUT2D eigenvalue weighted by Crippen LogP contribution is -2.19. The number of thiophene rings is 1. The fourth-order valence-corrected chi connectivity index (χ4v) is 5.32. The zero-order valence-electron chi connectivity index (χ0n) is 17.3. The first kappa shape index (κ1) is 23.2. The summed E-state index contributed by atoms with van der Waals surface area (Å²) in [6.45, 7) is 0.207. The highest BCUT2D eigenvalue weighted by atomic mass is 127. The summed E-state index contributed by atoms with van der Waals surface area (Å²) in [7, 11) is 1.47. The third kappa shape index (κ3) is 5.90. The summed E-state index contributed by atoms with van der Waals surface area (Å²) in [5, 5.41) is 17.8. The van der Waals surface area contributed by atoms with Gasteiger partial charge in [0.25, 0.3) is 0 Å². The number of hydrogen-bond acceptors (Lipinski definition) is 7. The van der Waals surface area contributed by atoms with Crippen LogP contribution < -0.4 is 5.32 Å². The Morgan fingerprint density at radius 2 is 2.22 bits per heavy atom. The molecule has 8 heteroatoms. The van der Waals surface area contributed by atoms with Crippen molar-refractivity contribution in [3.8, 4) is 11.2 Å². The molecule has 0 spiro atoms. The van der Waals surface area contributed by atoms with Crippen LogP contribution in [0.15, 0.2) is 48.2 Å². The summed E-state index contributed by atoms with van der Waals surface area (Å²) in [4.78, 5) is 22.3. The largest absolute Gasteiger partial charge is 0.396 e. The Morgan fingerprint density at radius 1 is 1.31 bits per heavy atom. The number of carbonyl (C=O) groups is 1. The Hall–Kier alpha value is -1.93. The molecule has 1 fully saturated rings. The SMILES string of the molecule is O=C(c1cc(Cc2cccc(C#CSI)c2)cs1)c1cncnc1NC1CCC(CO)C1. The Morgan fingerprint density at radius 3 is 3.03 bits per heavy atom. The monoisotopic (exact) mass is 575 g/mol. The molecule has 0 radical (unpaired) electrons. The summed E-state index contributed by atoms with van der Waals surface area (Å²) in [6, 6.07) is 10.4. The van der Waals surface area contributed by atoms with Gasteiger partial charge in [0.15, 0.2) is 0 Å². The van der Waals surface area contributed by atoms with Crippen LogP contribution in [0.25, 0.3) is 0 Å². The van der Waals surface area contributed by atoms with Crippen molar-refractivity contribution >= 4 is 53.1 Å². The van der Waals surface area contributed by atoms with Crippen LogP contribution in [0.1, 0.15) is 51.2 Å². The van der Waals surface area contributed by atoms with Crippen molar-refractivity contribution < 1.29 is 9.90 Å². The molecule has 0 saturated heterocycles. The first-order chi connectivity index (χ1) is 15.7. The molecular weight excluding hydrogens is 553 g/mol. The second-order valence-corrected chi connectivity index (χ2v) is 10.4. The molecule has 32 heavy (non-hydrogen) atoms. The molecule has 3 aromatic rings. The van der Waals surface area contributed by atoms with Crippen LogP contribution in [-0.2, 0) is 6.42 Å². The summed E-state index contributed by atoms with van der Waals surface area (Å²) >= 11 is 3.61. The van der Waals surface area contributed by atoms with Crippen molar-refractivity contribution in [1.29, 1.82) is 0 Å². The highest BCUT2D eigenvalue weighted by Crippen LogP contribution is 2.29. The molecular formula is C24H22IN3O2S2. The van der Waals surface area contributed by atoms with E-state index in [0.717, 1.165) is 42.4 Å². The van der Waals surface area contributed by atoms with Crippen LogP contribution in [0.4, 0.5) is 5.82 Å². The molecule has 2 unspecified atom stereocenters. The van der Waals surface area contributed by atoms with E-state index >= 15 is 0 Å². The number of aliphatic hydroxyl groups excluding tert-OH is 1. The molecule has 1 aliphatic rings. The second kappa shape index (κ2) is 11.3. The quantitative estimate of drug-likeness (QED) is 0.226. The van der Waals surface area contributed by atoms with Crippen molar-refractivity contribution in [2.24, 2.45) is 5.92 Å². The molecule has 5 nitrogen and oxygen atoms in total. The number of ketones is 1. The van der Waals surface area contributed by atoms with Crippen LogP contribution in [0, 0.1) is 17.1 Å². The second-order valence-electron chi connectivity index (χ2n) is 7.82. The number of aromatic nitrogens is 2. The molecule has 0 aliphatic heterocycles. The smallest absolute Gasteiger partial charge is 0.208 e. The van der Waals surface area contributed by atoms with Gasteiger partial charge in [-0.05, 0) is 80.5 Å². The van der Waals surface area contributed by atoms with Gasteiger partial charge in [-0.2, -0.15) is 0 Å². The fraction of sp³-hybridized carbons (Fsp3) is 0.292. The first-order valence-corrected chi connectivity index (χ1v) is 14.6. The van der Waals surface area contributed by atoms with E-state index in [1.165, 1.54) is 26.6 Å². The normalized spacial score (nSPS) is 17.6. The summed E-state index contributed by atoms with van der Waals surface area (Å²) in [6.07, 6.45) is 6.63. The van der Waals surface area contributed by atoms with Crippen LogP contribution in [0.3, 0.4) is 0 Å². The van der Waals surface area contributed by atoms with Crippen molar-refractivity contribution in [3.05, 3.63) is 75.4 Å². The Labute approximate surface area is 208 Å². The van der Waals surface area contributed by atoms with Gasteiger partial charge in [0.2, 0.25) is 5.78 Å². The minimum atomic E-state index is -0.0697. The van der Waals surface area contributed by atoms with Crippen molar-refractivity contribution in [2.45, 2.75) is 31.7 Å². The van der Waals surface area contributed by atoms with Gasteiger partial charge >= 0.3 is 0 Å². The average molecular weight is 575 g/mol. The van der Waals surface area contributed by atoms with Gasteiger partial charge in [-0.3, -0.25) is 4.79 Å². The lowest BCUT2D eigenvalue weighted by Gasteiger charge is -2.15. The molecule has 0 bridgehead atoms. The van der Waals surface area contributed by atoms with Gasteiger partial charge < -0.3 is 10.4 Å². The molecule has 4 rings (SSSR count). The molecule has 2 N–H and O–H groups in total. The van der Waals surface area contributed by atoms with Crippen LogP contribution in [-0.4, -0.2) is 33.5 Å². The third-order valence-electron chi connectivity index (χ3n) is 5.54. The van der Waals surface area contributed by atoms with E-state index in [-0.39, 0.29) is 18.4 Å². The number of nitrogens with zero attached hydrogens (tertiary/aromatic N) is 2. The highest BCUT2D eigenvalue weighted by Gasteiger charge is 2.26. The predicted molar refractivity (Wildman–Crippen MR) is 139 cm³/mol. The number of hydrogen-bond donors (Lipinski definition) is 2. The molecule has 2 aromatic heterocycles. The maximum Gasteiger partial charge on any atom is 0.208 e. The van der Waals surface area contributed by atoms with E-state index in [9.17, 15) is 9.90 Å². The number of halogens is 1. The number of rotatable bonds is 7. The molecule has 1 aliphatic carbocycles. The number of aliphatic hydroxyl groups is 1. The molecule has 1 saturated carbocycles. The summed E-state index contributed by atoms with van der Waals surface area (Å²) in [5.74, 6) is 3.95. The van der Waals surface area contributed by atoms with E-state index in [1.54, 1.807) is 6.20 Å². The van der Waals surface area contributed by atoms with E-state index < -0.39 is 0 Å². The van der Waals surface area contributed by atoms with E-state index in [1.807, 2.05) is 23.6 Å². The van der Waals surface area contributed by atoms with Gasteiger partial charge in [0.05, 0.1) is 10.4 Å². The number of anilines is 1. The van der Waals surface area contributed by atoms with Gasteiger partial charge in [0, 0.05) is 45.6 Å². The Bertz CT molecular complexity index is 1160. The van der Waals surface area contributed by atoms with Gasteiger partial charge in [-0.25, -0.2) is 9.97 Å². The number of nitrogens with one attached hydrogen (secondary N) is 1. The van der Waals surface area contributed by atoms with Crippen LogP contribution >= 0.6 is 41.5 Å². The molecule has 1 aromatic carbocycles. The maximum absolute atomic E-state index is 13.2. The lowest BCUT2D eigenvalue weighted by molar-refractivity contribution is 0.104. The van der Waals surface area contributed by atoms with Gasteiger partial charge in [0.1, 0.15) is 12.1 Å². The van der Waals surface area contributed by atoms with Crippen molar-refractivity contribution in [3.63, 3.8) is 0 Å². The van der Waals surface area contributed by atoms with Crippen LogP contribution in [0.2, 0.25) is 0 Å².